The van der Waals surface area contributed by atoms with Gasteiger partial charge in [0.15, 0.2) is 4.80 Å². The predicted molar refractivity (Wildman–Crippen MR) is 157 cm³/mol. The van der Waals surface area contributed by atoms with E-state index >= 15 is 0 Å². The van der Waals surface area contributed by atoms with E-state index in [4.69, 9.17) is 21.1 Å². The summed E-state index contributed by atoms with van der Waals surface area (Å²) in [6.07, 6.45) is 1.82. The number of carbonyl (C=O) groups is 1. The van der Waals surface area contributed by atoms with Crippen LogP contribution in [0.3, 0.4) is 0 Å². The van der Waals surface area contributed by atoms with Crippen molar-refractivity contribution in [1.82, 2.24) is 4.57 Å². The molecule has 0 saturated carbocycles. The van der Waals surface area contributed by atoms with Crippen molar-refractivity contribution in [2.24, 2.45) is 4.99 Å². The second-order valence-corrected chi connectivity index (χ2v) is 11.1. The summed E-state index contributed by atoms with van der Waals surface area (Å²) in [5.41, 5.74) is 3.25. The molecule has 0 fully saturated rings. The lowest BCUT2D eigenvalue weighted by Crippen LogP contribution is -2.39. The molecule has 0 amide bonds. The molecular formula is C30H24BrClN2O4S. The Morgan fingerprint density at radius 2 is 1.87 bits per heavy atom. The molecule has 198 valence electrons. The highest BCUT2D eigenvalue weighted by molar-refractivity contribution is 9.10. The zero-order valence-corrected chi connectivity index (χ0v) is 24.3. The Morgan fingerprint density at radius 3 is 2.56 bits per heavy atom. The maximum atomic E-state index is 13.8. The lowest BCUT2D eigenvalue weighted by Gasteiger charge is -2.24. The Labute approximate surface area is 242 Å². The number of halogens is 2. The third kappa shape index (κ3) is 5.78. The number of esters is 1. The molecule has 1 aliphatic heterocycles. The van der Waals surface area contributed by atoms with Gasteiger partial charge in [0, 0.05) is 5.02 Å². The standard InChI is InChI=1S/C30H24BrClN2O4S/c1-3-37-29(36)26-18(2)33-30-34(27(26)21-10-12-22(32)13-11-21)28(35)25(39-30)16-20-9-14-24(23(31)15-20)38-17-19-7-5-4-6-8-19/h4-16,27H,3,17H2,1-2H3/b25-16-/t27-/m1/s1. The fraction of sp³-hybridized carbons (Fsp3) is 0.167. The van der Waals surface area contributed by atoms with E-state index in [2.05, 4.69) is 20.9 Å². The van der Waals surface area contributed by atoms with Gasteiger partial charge in [-0.25, -0.2) is 9.79 Å². The van der Waals surface area contributed by atoms with Crippen LogP contribution in [0.5, 0.6) is 5.75 Å². The van der Waals surface area contributed by atoms with Crippen molar-refractivity contribution in [2.75, 3.05) is 6.61 Å². The summed E-state index contributed by atoms with van der Waals surface area (Å²) in [4.78, 5) is 31.9. The molecule has 0 bridgehead atoms. The van der Waals surface area contributed by atoms with Crippen LogP contribution >= 0.6 is 38.9 Å². The Morgan fingerprint density at radius 1 is 1.13 bits per heavy atom. The van der Waals surface area contributed by atoms with Crippen LogP contribution in [-0.2, 0) is 16.1 Å². The van der Waals surface area contributed by atoms with Crippen LogP contribution in [-0.4, -0.2) is 17.1 Å². The number of hydrogen-bond acceptors (Lipinski definition) is 6. The number of ether oxygens (including phenoxy) is 2. The largest absolute Gasteiger partial charge is 0.488 e. The second-order valence-electron chi connectivity index (χ2n) is 8.82. The molecule has 39 heavy (non-hydrogen) atoms. The normalized spacial score (nSPS) is 15.1. The number of thiazole rings is 1. The summed E-state index contributed by atoms with van der Waals surface area (Å²) in [6.45, 7) is 4.17. The third-order valence-electron chi connectivity index (χ3n) is 6.19. The van der Waals surface area contributed by atoms with Crippen LogP contribution in [0.15, 0.2) is 98.3 Å². The average Bonchev–Trinajstić information content (AvgIpc) is 3.22. The highest BCUT2D eigenvalue weighted by atomic mass is 79.9. The van der Waals surface area contributed by atoms with Gasteiger partial charge in [0.25, 0.3) is 5.56 Å². The highest BCUT2D eigenvalue weighted by Crippen LogP contribution is 2.31. The van der Waals surface area contributed by atoms with E-state index in [9.17, 15) is 9.59 Å². The lowest BCUT2D eigenvalue weighted by atomic mass is 9.96. The summed E-state index contributed by atoms with van der Waals surface area (Å²) in [5.74, 6) is 0.206. The number of fused-ring (bicyclic) bond motifs is 1. The van der Waals surface area contributed by atoms with Crippen molar-refractivity contribution in [3.05, 3.63) is 130 Å². The lowest BCUT2D eigenvalue weighted by molar-refractivity contribution is -0.139. The number of allylic oxidation sites excluding steroid dienone is 1. The molecule has 0 spiro atoms. The molecule has 0 N–H and O–H groups in total. The molecule has 9 heteroatoms. The smallest absolute Gasteiger partial charge is 0.338 e. The number of benzene rings is 3. The van der Waals surface area contributed by atoms with Gasteiger partial charge < -0.3 is 9.47 Å². The minimum atomic E-state index is -0.680. The van der Waals surface area contributed by atoms with Crippen LogP contribution in [0.2, 0.25) is 5.02 Å². The predicted octanol–water partition coefficient (Wildman–Crippen LogP) is 5.79. The van der Waals surface area contributed by atoms with Crippen molar-refractivity contribution in [3.63, 3.8) is 0 Å². The number of rotatable bonds is 7. The summed E-state index contributed by atoms with van der Waals surface area (Å²) in [7, 11) is 0. The van der Waals surface area contributed by atoms with Gasteiger partial charge in [0.1, 0.15) is 12.4 Å². The van der Waals surface area contributed by atoms with Crippen molar-refractivity contribution in [1.29, 1.82) is 0 Å². The molecule has 2 heterocycles. The van der Waals surface area contributed by atoms with E-state index in [1.807, 2.05) is 66.7 Å². The minimum absolute atomic E-state index is 0.216. The number of nitrogens with zero attached hydrogens (tertiary/aromatic N) is 2. The van der Waals surface area contributed by atoms with Crippen LogP contribution in [0.4, 0.5) is 0 Å². The molecule has 0 radical (unpaired) electrons. The van der Waals surface area contributed by atoms with Gasteiger partial charge in [-0.05, 0) is 76.8 Å². The van der Waals surface area contributed by atoms with Crippen LogP contribution < -0.4 is 19.6 Å². The van der Waals surface area contributed by atoms with E-state index in [0.29, 0.717) is 38.0 Å². The molecule has 0 aliphatic carbocycles. The van der Waals surface area contributed by atoms with Crippen molar-refractivity contribution in [2.45, 2.75) is 26.5 Å². The number of hydrogen-bond donors (Lipinski definition) is 0. The molecule has 1 aromatic heterocycles. The fourth-order valence-corrected chi connectivity index (χ4v) is 6.05. The van der Waals surface area contributed by atoms with Crippen LogP contribution in [0.25, 0.3) is 6.08 Å². The SMILES string of the molecule is CCOC(=O)C1=C(C)N=c2s/c(=C\c3ccc(OCc4ccccc4)c(Br)c3)c(=O)n2[C@@H]1c1ccc(Cl)cc1. The van der Waals surface area contributed by atoms with Gasteiger partial charge in [-0.3, -0.25) is 9.36 Å². The summed E-state index contributed by atoms with van der Waals surface area (Å²) < 4.78 is 14.1. The molecule has 5 rings (SSSR count). The Kier molecular flexibility index (Phi) is 8.16. The molecule has 3 aromatic carbocycles. The van der Waals surface area contributed by atoms with Crippen molar-refractivity contribution >= 4 is 50.9 Å². The van der Waals surface area contributed by atoms with Gasteiger partial charge in [0.05, 0.1) is 32.9 Å². The maximum Gasteiger partial charge on any atom is 0.338 e. The fourth-order valence-electron chi connectivity index (χ4n) is 4.36. The van der Waals surface area contributed by atoms with Gasteiger partial charge in [-0.15, -0.1) is 0 Å². The van der Waals surface area contributed by atoms with Gasteiger partial charge in [0.2, 0.25) is 0 Å². The highest BCUT2D eigenvalue weighted by Gasteiger charge is 2.33. The average molecular weight is 624 g/mol. The van der Waals surface area contributed by atoms with E-state index in [1.54, 1.807) is 30.5 Å². The van der Waals surface area contributed by atoms with Crippen molar-refractivity contribution in [3.8, 4) is 5.75 Å². The second kappa shape index (κ2) is 11.7. The van der Waals surface area contributed by atoms with Crippen LogP contribution in [0, 0.1) is 0 Å². The molecule has 0 saturated heterocycles. The van der Waals surface area contributed by atoms with Gasteiger partial charge >= 0.3 is 5.97 Å². The van der Waals surface area contributed by atoms with Crippen molar-refractivity contribution < 1.29 is 14.3 Å². The van der Waals surface area contributed by atoms with Crippen LogP contribution in [0.1, 0.15) is 36.6 Å². The monoisotopic (exact) mass is 622 g/mol. The molecule has 6 nitrogen and oxygen atoms in total. The quantitative estimate of drug-likeness (QED) is 0.244. The molecule has 1 atom stereocenters. The first-order valence-corrected chi connectivity index (χ1v) is 14.3. The summed E-state index contributed by atoms with van der Waals surface area (Å²) in [6, 6.07) is 22.0. The molecule has 0 unspecified atom stereocenters. The van der Waals surface area contributed by atoms with Gasteiger partial charge in [-0.1, -0.05) is 71.5 Å². The van der Waals surface area contributed by atoms with E-state index in [1.165, 1.54) is 11.3 Å². The number of carbonyl (C=O) groups excluding carboxylic acids is 1. The zero-order chi connectivity index (χ0) is 27.5. The Hall–Kier alpha value is -3.46. The topological polar surface area (TPSA) is 69.9 Å². The molecular weight excluding hydrogens is 600 g/mol. The minimum Gasteiger partial charge on any atom is -0.488 e. The molecule has 4 aromatic rings. The third-order valence-corrected chi connectivity index (χ3v) is 8.05. The first kappa shape index (κ1) is 27.1. The first-order valence-electron chi connectivity index (χ1n) is 12.3. The Balaban J connectivity index is 1.53. The van der Waals surface area contributed by atoms with E-state index in [0.717, 1.165) is 21.2 Å². The van der Waals surface area contributed by atoms with E-state index in [-0.39, 0.29) is 12.2 Å². The first-order chi connectivity index (χ1) is 18.9. The van der Waals surface area contributed by atoms with E-state index < -0.39 is 12.0 Å². The molecule has 1 aliphatic rings. The Bertz CT molecular complexity index is 1740. The zero-order valence-electron chi connectivity index (χ0n) is 21.2. The maximum absolute atomic E-state index is 13.8. The van der Waals surface area contributed by atoms with Gasteiger partial charge in [-0.2, -0.15) is 0 Å². The number of aromatic nitrogens is 1. The summed E-state index contributed by atoms with van der Waals surface area (Å²) >= 11 is 11.0. The summed E-state index contributed by atoms with van der Waals surface area (Å²) in [5, 5.41) is 0.561.